The molecule has 16 heteroatoms. The third-order valence-electron chi connectivity index (χ3n) is 6.80. The molecule has 1 aliphatic carbocycles. The molecular weight excluding hydrogens is 628 g/mol. The average Bonchev–Trinajstić information content (AvgIpc) is 3.48. The lowest BCUT2D eigenvalue weighted by Gasteiger charge is -2.24. The maximum atomic E-state index is 13.0. The second kappa shape index (κ2) is 11.8. The molecule has 0 radical (unpaired) electrons. The van der Waals surface area contributed by atoms with Crippen molar-refractivity contribution in [3.8, 4) is 21.3 Å². The highest BCUT2D eigenvalue weighted by Crippen LogP contribution is 2.44. The number of rotatable bonds is 10. The first kappa shape index (κ1) is 31.7. The summed E-state index contributed by atoms with van der Waals surface area (Å²) in [6, 6.07) is 0.171. The number of esters is 1. The smallest absolute Gasteiger partial charge is 0.404 e. The molecule has 1 aromatic carbocycles. The monoisotopic (exact) mass is 654 g/mol. The van der Waals surface area contributed by atoms with E-state index in [2.05, 4.69) is 10.1 Å². The second-order valence-corrected chi connectivity index (χ2v) is 13.9. The van der Waals surface area contributed by atoms with E-state index in [1.807, 2.05) is 0 Å². The Labute approximate surface area is 248 Å². The summed E-state index contributed by atoms with van der Waals surface area (Å²) < 4.78 is 76.2. The molecule has 1 fully saturated rings. The molecule has 0 spiro atoms. The maximum absolute atomic E-state index is 13.0. The zero-order valence-electron chi connectivity index (χ0n) is 22.4. The number of nitrogens with zero attached hydrogens (tertiary/aromatic N) is 3. The highest BCUT2D eigenvalue weighted by Gasteiger charge is 2.39. The molecule has 2 heterocycles. The number of halogens is 5. The van der Waals surface area contributed by atoms with Gasteiger partial charge in [0.05, 0.1) is 33.1 Å². The Morgan fingerprint density at radius 1 is 1.22 bits per heavy atom. The molecule has 1 atom stereocenters. The van der Waals surface area contributed by atoms with E-state index >= 15 is 0 Å². The van der Waals surface area contributed by atoms with Crippen molar-refractivity contribution in [1.82, 2.24) is 19.8 Å². The Morgan fingerprint density at radius 3 is 2.49 bits per heavy atom. The van der Waals surface area contributed by atoms with Gasteiger partial charge in [-0.3, -0.25) is 4.79 Å². The van der Waals surface area contributed by atoms with Crippen LogP contribution in [0.5, 0.6) is 0 Å². The van der Waals surface area contributed by atoms with Crippen LogP contribution in [0.15, 0.2) is 21.6 Å². The minimum Gasteiger partial charge on any atom is -0.469 e. The van der Waals surface area contributed by atoms with Crippen LogP contribution in [0.2, 0.25) is 10.0 Å². The van der Waals surface area contributed by atoms with E-state index < -0.39 is 43.5 Å². The fourth-order valence-electron chi connectivity index (χ4n) is 4.18. The number of hydrogen-bond donors (Lipinski definition) is 1. The molecule has 0 amide bonds. The van der Waals surface area contributed by atoms with Crippen LogP contribution >= 0.6 is 34.5 Å². The molecule has 41 heavy (non-hydrogen) atoms. The van der Waals surface area contributed by atoms with E-state index in [-0.39, 0.29) is 23.2 Å². The summed E-state index contributed by atoms with van der Waals surface area (Å²) in [5, 5.41) is 3.87. The van der Waals surface area contributed by atoms with Gasteiger partial charge in [-0.25, -0.2) is 13.4 Å². The highest BCUT2D eigenvalue weighted by atomic mass is 35.5. The second-order valence-electron chi connectivity index (χ2n) is 10.5. The predicted octanol–water partition coefficient (Wildman–Crippen LogP) is 6.48. The fourth-order valence-corrected chi connectivity index (χ4v) is 7.39. The van der Waals surface area contributed by atoms with Crippen LogP contribution in [0.3, 0.4) is 0 Å². The van der Waals surface area contributed by atoms with Crippen LogP contribution in [0, 0.1) is 11.3 Å². The summed E-state index contributed by atoms with van der Waals surface area (Å²) in [5.74, 6) is 0.367. The van der Waals surface area contributed by atoms with Crippen molar-refractivity contribution in [3.05, 3.63) is 33.8 Å². The molecule has 0 aliphatic heterocycles. The molecule has 9 nitrogen and oxygen atoms in total. The summed E-state index contributed by atoms with van der Waals surface area (Å²) in [6.45, 7) is 4.07. The largest absolute Gasteiger partial charge is 0.469 e. The van der Waals surface area contributed by atoms with E-state index in [1.54, 1.807) is 18.6 Å². The molecule has 1 saturated carbocycles. The lowest BCUT2D eigenvalue weighted by Crippen LogP contribution is -2.43. The molecule has 1 aliphatic rings. The van der Waals surface area contributed by atoms with Crippen LogP contribution in [-0.4, -0.2) is 48.8 Å². The first-order valence-electron chi connectivity index (χ1n) is 12.5. The van der Waals surface area contributed by atoms with Gasteiger partial charge in [-0.1, -0.05) is 53.7 Å². The fraction of sp³-hybridized carbons (Fsp3) is 0.520. The lowest BCUT2D eigenvalue weighted by atomic mass is 9.82. The van der Waals surface area contributed by atoms with E-state index in [9.17, 15) is 26.4 Å². The topological polar surface area (TPSA) is 124 Å². The van der Waals surface area contributed by atoms with Crippen LogP contribution < -0.4 is 4.72 Å². The van der Waals surface area contributed by atoms with Crippen molar-refractivity contribution < 1.29 is 35.6 Å². The van der Waals surface area contributed by atoms with Crippen molar-refractivity contribution >= 4 is 50.5 Å². The Kier molecular flexibility index (Phi) is 9.11. The first-order chi connectivity index (χ1) is 19.0. The van der Waals surface area contributed by atoms with E-state index in [1.165, 1.54) is 24.5 Å². The van der Waals surface area contributed by atoms with Gasteiger partial charge in [0.15, 0.2) is 5.01 Å². The average molecular weight is 656 g/mol. The van der Waals surface area contributed by atoms with Crippen molar-refractivity contribution in [3.63, 3.8) is 0 Å². The number of methoxy groups -OCH3 is 1. The van der Waals surface area contributed by atoms with Gasteiger partial charge in [0, 0.05) is 12.0 Å². The normalized spacial score (nSPS) is 15.5. The van der Waals surface area contributed by atoms with E-state index in [0.717, 1.165) is 25.3 Å². The highest BCUT2D eigenvalue weighted by molar-refractivity contribution is 7.89. The maximum Gasteiger partial charge on any atom is 0.404 e. The Morgan fingerprint density at radius 2 is 1.90 bits per heavy atom. The number of aromatic nitrogens is 3. The molecule has 3 aromatic rings. The summed E-state index contributed by atoms with van der Waals surface area (Å²) in [4.78, 5) is 21.2. The summed E-state index contributed by atoms with van der Waals surface area (Å²) in [7, 11) is -3.35. The number of thiazole rings is 1. The first-order valence-corrected chi connectivity index (χ1v) is 15.6. The van der Waals surface area contributed by atoms with E-state index in [4.69, 9.17) is 37.4 Å². The molecule has 0 saturated heterocycles. The van der Waals surface area contributed by atoms with Crippen molar-refractivity contribution in [1.29, 1.82) is 0 Å². The minimum absolute atomic E-state index is 0.137. The summed E-state index contributed by atoms with van der Waals surface area (Å²) >= 11 is 14.1. The molecule has 224 valence electrons. The number of hydrogen-bond acceptors (Lipinski definition) is 9. The van der Waals surface area contributed by atoms with Gasteiger partial charge in [-0.15, -0.1) is 11.3 Å². The van der Waals surface area contributed by atoms with Gasteiger partial charge in [-0.05, 0) is 39.2 Å². The number of carbonyl (C=O) groups excluding carboxylic acids is 1. The number of ether oxygens (including phenoxy) is 1. The SMILES string of the molecule is COC(=O)C(C)(C)Cc1nc(-c2nc(CC3CCC3)c(-c3ccc(S(=O)(=O)NC(C)C(F)(F)F)c(Cl)c3Cl)s2)no1. The zero-order valence-corrected chi connectivity index (χ0v) is 25.6. The third kappa shape index (κ3) is 6.87. The van der Waals surface area contributed by atoms with Crippen molar-refractivity contribution in [2.75, 3.05) is 7.11 Å². The molecule has 0 bridgehead atoms. The van der Waals surface area contributed by atoms with Gasteiger partial charge < -0.3 is 9.26 Å². The zero-order chi connectivity index (χ0) is 30.3. The summed E-state index contributed by atoms with van der Waals surface area (Å²) in [6.07, 6.45) is -0.888. The molecule has 1 unspecified atom stereocenters. The van der Waals surface area contributed by atoms with Crippen LogP contribution in [0.25, 0.3) is 21.3 Å². The number of benzene rings is 1. The molecular formula is C25H27Cl2F3N4O5S2. The van der Waals surface area contributed by atoms with Crippen LogP contribution in [0.1, 0.15) is 51.6 Å². The number of nitrogens with one attached hydrogen (secondary N) is 1. The van der Waals surface area contributed by atoms with Crippen LogP contribution in [-0.2, 0) is 32.4 Å². The minimum atomic E-state index is -4.79. The Hall–Kier alpha value is -2.26. The number of sulfonamides is 1. The number of alkyl halides is 3. The van der Waals surface area contributed by atoms with Gasteiger partial charge in [0.2, 0.25) is 21.7 Å². The molecule has 2 aromatic heterocycles. The summed E-state index contributed by atoms with van der Waals surface area (Å²) in [5.41, 5.74) is 0.141. The predicted molar refractivity (Wildman–Crippen MR) is 147 cm³/mol. The van der Waals surface area contributed by atoms with Gasteiger partial charge in [-0.2, -0.15) is 22.9 Å². The standard InChI is InChI=1S/C25H27Cl2F3N4O5S2/c1-12(25(28,29)30)34-41(36,37)16-9-8-14(18(26)19(16)27)20-15(10-13-6-5-7-13)31-22(40-20)21-32-17(39-33-21)11-24(2,3)23(35)38-4/h8-9,12-13,34H,5-7,10-11H2,1-4H3. The number of carbonyl (C=O) groups is 1. The molecule has 4 rings (SSSR count). The Bertz CT molecular complexity index is 1550. The van der Waals surface area contributed by atoms with Gasteiger partial charge in [0.25, 0.3) is 0 Å². The van der Waals surface area contributed by atoms with Gasteiger partial charge in [0.1, 0.15) is 10.9 Å². The Balaban J connectivity index is 1.70. The van der Waals surface area contributed by atoms with E-state index in [0.29, 0.717) is 40.4 Å². The quantitative estimate of drug-likeness (QED) is 0.246. The lowest BCUT2D eigenvalue weighted by molar-refractivity contribution is -0.151. The third-order valence-corrected chi connectivity index (χ3v) is 10.5. The van der Waals surface area contributed by atoms with Crippen molar-refractivity contribution in [2.45, 2.75) is 70.0 Å². The van der Waals surface area contributed by atoms with Crippen molar-refractivity contribution in [2.24, 2.45) is 11.3 Å². The van der Waals surface area contributed by atoms with Gasteiger partial charge >= 0.3 is 12.1 Å². The van der Waals surface area contributed by atoms with Crippen LogP contribution in [0.4, 0.5) is 13.2 Å². The molecule has 1 N–H and O–H groups in total.